The van der Waals surface area contributed by atoms with Gasteiger partial charge in [0, 0.05) is 12.4 Å². The van der Waals surface area contributed by atoms with Crippen molar-refractivity contribution in [2.24, 2.45) is 0 Å². The summed E-state index contributed by atoms with van der Waals surface area (Å²) in [5.41, 5.74) is -0.673. The van der Waals surface area contributed by atoms with Crippen molar-refractivity contribution < 1.29 is 18.0 Å². The van der Waals surface area contributed by atoms with Crippen molar-refractivity contribution in [2.75, 3.05) is 0 Å². The molecule has 9 heteroatoms. The van der Waals surface area contributed by atoms with E-state index >= 15 is 0 Å². The van der Waals surface area contributed by atoms with Gasteiger partial charge in [0.25, 0.3) is 0 Å². The molecule has 0 unspecified atom stereocenters. The summed E-state index contributed by atoms with van der Waals surface area (Å²) in [6.45, 7) is 0. The number of aldehydes is 1. The van der Waals surface area contributed by atoms with Gasteiger partial charge in [-0.3, -0.25) is 4.79 Å². The largest absolute Gasteiger partial charge is 0.416 e. The summed E-state index contributed by atoms with van der Waals surface area (Å²) >= 11 is 12.0. The van der Waals surface area contributed by atoms with Crippen LogP contribution in [-0.2, 0) is 6.18 Å². The molecular formula is C15H8Cl2F3N3O. The summed E-state index contributed by atoms with van der Waals surface area (Å²) in [6.07, 6.45) is 0.614. The third-order valence-corrected chi connectivity index (χ3v) is 3.88. The van der Waals surface area contributed by atoms with E-state index < -0.39 is 11.7 Å². The number of benzene rings is 1. The maximum Gasteiger partial charge on any atom is 0.416 e. The Hall–Kier alpha value is -2.25. The van der Waals surface area contributed by atoms with E-state index in [1.807, 2.05) is 0 Å². The van der Waals surface area contributed by atoms with E-state index in [1.165, 1.54) is 10.9 Å². The lowest BCUT2D eigenvalue weighted by atomic mass is 10.2. The highest BCUT2D eigenvalue weighted by Crippen LogP contribution is 2.38. The molecule has 0 bridgehead atoms. The Bertz CT molecular complexity index is 878. The quantitative estimate of drug-likeness (QED) is 0.618. The summed E-state index contributed by atoms with van der Waals surface area (Å²) in [4.78, 5) is 11.2. The maximum atomic E-state index is 12.9. The number of aromatic nitrogens is 3. The number of rotatable bonds is 3. The number of alkyl halides is 3. The fourth-order valence-corrected chi connectivity index (χ4v) is 2.91. The fraction of sp³-hybridized carbons (Fsp3) is 0.0667. The van der Waals surface area contributed by atoms with Gasteiger partial charge in [-0.2, -0.15) is 18.3 Å². The van der Waals surface area contributed by atoms with Crippen LogP contribution in [0.2, 0.25) is 10.0 Å². The second-order valence-corrected chi connectivity index (χ2v) is 5.64. The van der Waals surface area contributed by atoms with Crippen molar-refractivity contribution in [1.29, 1.82) is 0 Å². The van der Waals surface area contributed by atoms with E-state index in [1.54, 1.807) is 29.1 Å². The second-order valence-electron chi connectivity index (χ2n) is 4.83. The Kier molecular flexibility index (Phi) is 4.15. The number of hydrogen-bond acceptors (Lipinski definition) is 2. The van der Waals surface area contributed by atoms with Crippen molar-refractivity contribution in [3.05, 3.63) is 64.0 Å². The molecule has 2 aromatic heterocycles. The Labute approximate surface area is 144 Å². The average molecular weight is 374 g/mol. The molecule has 0 radical (unpaired) electrons. The first kappa shape index (κ1) is 16.6. The molecule has 3 rings (SSSR count). The summed E-state index contributed by atoms with van der Waals surface area (Å²) in [6, 6.07) is 4.98. The van der Waals surface area contributed by atoms with E-state index in [4.69, 9.17) is 23.2 Å². The molecule has 0 aliphatic heterocycles. The molecule has 24 heavy (non-hydrogen) atoms. The normalized spacial score (nSPS) is 11.7. The number of halogens is 5. The lowest BCUT2D eigenvalue weighted by Crippen LogP contribution is -2.10. The lowest BCUT2D eigenvalue weighted by molar-refractivity contribution is -0.137. The van der Waals surface area contributed by atoms with Crippen LogP contribution in [0.25, 0.3) is 11.5 Å². The highest BCUT2D eigenvalue weighted by molar-refractivity contribution is 6.37. The van der Waals surface area contributed by atoms with Crippen LogP contribution in [0.4, 0.5) is 13.2 Å². The first-order valence-electron chi connectivity index (χ1n) is 6.56. The van der Waals surface area contributed by atoms with Crippen molar-refractivity contribution in [3.8, 4) is 11.5 Å². The minimum Gasteiger partial charge on any atom is -0.308 e. The first-order valence-corrected chi connectivity index (χ1v) is 7.31. The van der Waals surface area contributed by atoms with Gasteiger partial charge in [0.2, 0.25) is 0 Å². The van der Waals surface area contributed by atoms with Gasteiger partial charge >= 0.3 is 6.18 Å². The van der Waals surface area contributed by atoms with Crippen LogP contribution in [0.3, 0.4) is 0 Å². The van der Waals surface area contributed by atoms with Gasteiger partial charge in [0.05, 0.1) is 27.4 Å². The fourth-order valence-electron chi connectivity index (χ4n) is 2.27. The van der Waals surface area contributed by atoms with Crippen molar-refractivity contribution in [1.82, 2.24) is 14.3 Å². The van der Waals surface area contributed by atoms with Crippen LogP contribution >= 0.6 is 23.2 Å². The smallest absolute Gasteiger partial charge is 0.308 e. The monoisotopic (exact) mass is 373 g/mol. The number of carbonyl (C=O) groups excluding carboxylic acids is 1. The number of nitrogens with zero attached hydrogens (tertiary/aromatic N) is 3. The predicted octanol–water partition coefficient (Wildman–Crippen LogP) is 4.80. The Morgan fingerprint density at radius 1 is 1.08 bits per heavy atom. The minimum absolute atomic E-state index is 0.0585. The maximum absolute atomic E-state index is 12.9. The minimum atomic E-state index is -4.58. The van der Waals surface area contributed by atoms with Crippen LogP contribution in [0, 0.1) is 0 Å². The standard InChI is InChI=1S/C15H8Cl2F3N3O/c16-11-5-10(15(18,19)20)6-12(17)13(11)23-14(9(8-24)7-21-23)22-3-1-2-4-22/h1-8H. The molecule has 0 atom stereocenters. The zero-order valence-corrected chi connectivity index (χ0v) is 13.3. The average Bonchev–Trinajstić information content (AvgIpc) is 3.13. The van der Waals surface area contributed by atoms with Crippen LogP contribution < -0.4 is 0 Å². The summed E-state index contributed by atoms with van der Waals surface area (Å²) in [5, 5.41) is 3.58. The van der Waals surface area contributed by atoms with E-state index in [2.05, 4.69) is 5.10 Å². The molecule has 4 nitrogen and oxygen atoms in total. The molecule has 3 aromatic rings. The first-order chi connectivity index (χ1) is 11.3. The van der Waals surface area contributed by atoms with Crippen molar-refractivity contribution in [2.45, 2.75) is 6.18 Å². The number of carbonyl (C=O) groups is 1. The van der Waals surface area contributed by atoms with Gasteiger partial charge < -0.3 is 4.57 Å². The second kappa shape index (κ2) is 5.99. The van der Waals surface area contributed by atoms with Gasteiger partial charge in [0.15, 0.2) is 12.1 Å². The molecule has 2 heterocycles. The highest BCUT2D eigenvalue weighted by Gasteiger charge is 2.32. The van der Waals surface area contributed by atoms with Gasteiger partial charge in [-0.15, -0.1) is 0 Å². The van der Waals surface area contributed by atoms with Gasteiger partial charge in [-0.25, -0.2) is 4.68 Å². The van der Waals surface area contributed by atoms with Gasteiger partial charge in [0.1, 0.15) is 5.69 Å². The molecule has 0 aliphatic carbocycles. The van der Waals surface area contributed by atoms with E-state index in [9.17, 15) is 18.0 Å². The Morgan fingerprint density at radius 3 is 2.17 bits per heavy atom. The van der Waals surface area contributed by atoms with E-state index in [0.29, 0.717) is 12.1 Å². The van der Waals surface area contributed by atoms with E-state index in [0.717, 1.165) is 12.1 Å². The predicted molar refractivity (Wildman–Crippen MR) is 83.3 cm³/mol. The number of hydrogen-bond donors (Lipinski definition) is 0. The Balaban J connectivity index is 2.25. The van der Waals surface area contributed by atoms with Crippen molar-refractivity contribution in [3.63, 3.8) is 0 Å². The lowest BCUT2D eigenvalue weighted by Gasteiger charge is -2.15. The molecule has 0 spiro atoms. The van der Waals surface area contributed by atoms with E-state index in [-0.39, 0.29) is 21.3 Å². The van der Waals surface area contributed by atoms with Crippen molar-refractivity contribution >= 4 is 29.5 Å². The highest BCUT2D eigenvalue weighted by atomic mass is 35.5. The molecule has 0 aliphatic rings. The van der Waals surface area contributed by atoms with Crippen LogP contribution in [0.5, 0.6) is 0 Å². The molecule has 124 valence electrons. The molecule has 0 fully saturated rings. The zero-order chi connectivity index (χ0) is 17.5. The summed E-state index contributed by atoms with van der Waals surface area (Å²) in [7, 11) is 0. The van der Waals surface area contributed by atoms with Crippen LogP contribution in [0.1, 0.15) is 15.9 Å². The molecule has 1 aromatic carbocycles. The van der Waals surface area contributed by atoms with Gasteiger partial charge in [-0.1, -0.05) is 23.2 Å². The zero-order valence-electron chi connectivity index (χ0n) is 11.8. The van der Waals surface area contributed by atoms with Gasteiger partial charge in [-0.05, 0) is 24.3 Å². The molecule has 0 saturated heterocycles. The Morgan fingerprint density at radius 2 is 1.67 bits per heavy atom. The molecular weight excluding hydrogens is 366 g/mol. The van der Waals surface area contributed by atoms with Crippen LogP contribution in [-0.4, -0.2) is 20.6 Å². The molecule has 0 N–H and O–H groups in total. The summed E-state index contributed by atoms with van der Waals surface area (Å²) < 4.78 is 41.4. The third-order valence-electron chi connectivity index (χ3n) is 3.30. The summed E-state index contributed by atoms with van der Waals surface area (Å²) in [5.74, 6) is 0.318. The van der Waals surface area contributed by atoms with Crippen LogP contribution in [0.15, 0.2) is 42.9 Å². The third kappa shape index (κ3) is 2.81. The molecule has 0 amide bonds. The topological polar surface area (TPSA) is 39.8 Å². The SMILES string of the molecule is O=Cc1cnn(-c2c(Cl)cc(C(F)(F)F)cc2Cl)c1-n1cccc1. The molecule has 0 saturated carbocycles.